The van der Waals surface area contributed by atoms with Gasteiger partial charge < -0.3 is 16.0 Å². The van der Waals surface area contributed by atoms with Gasteiger partial charge in [0.25, 0.3) is 0 Å². The van der Waals surface area contributed by atoms with E-state index in [-0.39, 0.29) is 35.8 Å². The fraction of sp³-hybridized carbons (Fsp3) is 0.833. The molecular formula is C12H25IN4O. The molecule has 0 bridgehead atoms. The molecule has 0 spiro atoms. The summed E-state index contributed by atoms with van der Waals surface area (Å²) in [6.07, 6.45) is 3.15. The highest BCUT2D eigenvalue weighted by Gasteiger charge is 2.28. The molecule has 106 valence electrons. The minimum atomic E-state index is 0. The Morgan fingerprint density at radius 1 is 1.17 bits per heavy atom. The summed E-state index contributed by atoms with van der Waals surface area (Å²) in [6, 6.07) is 0. The molecule has 1 fully saturated rings. The minimum Gasteiger partial charge on any atom is -0.357 e. The van der Waals surface area contributed by atoms with Crippen LogP contribution < -0.4 is 16.0 Å². The van der Waals surface area contributed by atoms with Crippen LogP contribution in [0.2, 0.25) is 0 Å². The standard InChI is InChI=1S/C12H24N4O.HI/c1-3-7-15-12(13-4-2)16-9-8-14-11(17)10-5-6-10;/h10H,3-9H2,1-2H3,(H,14,17)(H2,13,15,16);1H. The third-order valence-electron chi connectivity index (χ3n) is 2.50. The van der Waals surface area contributed by atoms with Crippen molar-refractivity contribution in [3.63, 3.8) is 0 Å². The molecule has 1 saturated carbocycles. The molecule has 0 heterocycles. The molecule has 18 heavy (non-hydrogen) atoms. The summed E-state index contributed by atoms with van der Waals surface area (Å²) in [6.45, 7) is 7.19. The molecular weight excluding hydrogens is 343 g/mol. The highest BCUT2D eigenvalue weighted by atomic mass is 127. The van der Waals surface area contributed by atoms with E-state index in [9.17, 15) is 4.79 Å². The van der Waals surface area contributed by atoms with Crippen LogP contribution in [0.1, 0.15) is 33.1 Å². The third kappa shape index (κ3) is 7.73. The van der Waals surface area contributed by atoms with E-state index in [1.165, 1.54) is 0 Å². The van der Waals surface area contributed by atoms with Crippen molar-refractivity contribution in [3.05, 3.63) is 0 Å². The number of carbonyl (C=O) groups is 1. The van der Waals surface area contributed by atoms with Gasteiger partial charge in [-0.25, -0.2) is 0 Å². The number of guanidine groups is 1. The molecule has 1 aliphatic rings. The minimum absolute atomic E-state index is 0. The zero-order chi connectivity index (χ0) is 12.5. The normalized spacial score (nSPS) is 14.7. The lowest BCUT2D eigenvalue weighted by atomic mass is 10.4. The first-order valence-corrected chi connectivity index (χ1v) is 6.57. The van der Waals surface area contributed by atoms with Crippen molar-refractivity contribution >= 4 is 35.8 Å². The lowest BCUT2D eigenvalue weighted by molar-refractivity contribution is -0.122. The van der Waals surface area contributed by atoms with Crippen LogP contribution in [-0.4, -0.2) is 38.0 Å². The van der Waals surface area contributed by atoms with E-state index in [0.29, 0.717) is 13.1 Å². The van der Waals surface area contributed by atoms with Gasteiger partial charge in [0.05, 0.1) is 0 Å². The predicted octanol–water partition coefficient (Wildman–Crippen LogP) is 1.10. The Morgan fingerprint density at radius 2 is 1.83 bits per heavy atom. The van der Waals surface area contributed by atoms with Crippen LogP contribution in [0.15, 0.2) is 4.99 Å². The lowest BCUT2D eigenvalue weighted by Crippen LogP contribution is -2.41. The molecule has 1 amide bonds. The first-order chi connectivity index (χ1) is 8.27. The average molecular weight is 368 g/mol. The fourth-order valence-electron chi connectivity index (χ4n) is 1.42. The van der Waals surface area contributed by atoms with E-state index in [1.807, 2.05) is 6.92 Å². The summed E-state index contributed by atoms with van der Waals surface area (Å²) in [7, 11) is 0. The first kappa shape index (κ1) is 17.5. The molecule has 6 heteroatoms. The van der Waals surface area contributed by atoms with Gasteiger partial charge in [-0.15, -0.1) is 24.0 Å². The van der Waals surface area contributed by atoms with E-state index in [4.69, 9.17) is 0 Å². The van der Waals surface area contributed by atoms with Crippen molar-refractivity contribution in [1.29, 1.82) is 0 Å². The highest BCUT2D eigenvalue weighted by molar-refractivity contribution is 14.0. The smallest absolute Gasteiger partial charge is 0.223 e. The van der Waals surface area contributed by atoms with Crippen molar-refractivity contribution in [3.8, 4) is 0 Å². The Bertz CT molecular complexity index is 267. The Kier molecular flexibility index (Phi) is 10.1. The molecule has 0 aromatic carbocycles. The molecule has 3 N–H and O–H groups in total. The third-order valence-corrected chi connectivity index (χ3v) is 2.50. The maximum Gasteiger partial charge on any atom is 0.223 e. The maximum atomic E-state index is 11.4. The molecule has 5 nitrogen and oxygen atoms in total. The van der Waals surface area contributed by atoms with Crippen molar-refractivity contribution in [2.45, 2.75) is 33.1 Å². The summed E-state index contributed by atoms with van der Waals surface area (Å²) in [4.78, 5) is 15.7. The molecule has 0 atom stereocenters. The van der Waals surface area contributed by atoms with Crippen molar-refractivity contribution in [2.24, 2.45) is 10.9 Å². The SMILES string of the molecule is CCCN=C(NCC)NCCNC(=O)C1CC1.I. The zero-order valence-electron chi connectivity index (χ0n) is 11.3. The summed E-state index contributed by atoms with van der Waals surface area (Å²) >= 11 is 0. The number of nitrogens with zero attached hydrogens (tertiary/aromatic N) is 1. The first-order valence-electron chi connectivity index (χ1n) is 6.57. The van der Waals surface area contributed by atoms with Gasteiger partial charge in [-0.2, -0.15) is 0 Å². The maximum absolute atomic E-state index is 11.4. The predicted molar refractivity (Wildman–Crippen MR) is 85.4 cm³/mol. The van der Waals surface area contributed by atoms with Gasteiger partial charge in [0.1, 0.15) is 0 Å². The number of nitrogens with one attached hydrogen (secondary N) is 3. The van der Waals surface area contributed by atoms with E-state index in [1.54, 1.807) is 0 Å². The average Bonchev–Trinajstić information content (AvgIpc) is 3.15. The number of carbonyl (C=O) groups excluding carboxylic acids is 1. The second-order valence-electron chi connectivity index (χ2n) is 4.25. The molecule has 0 aromatic rings. The van der Waals surface area contributed by atoms with Crippen molar-refractivity contribution in [2.75, 3.05) is 26.2 Å². The molecule has 1 rings (SSSR count). The molecule has 0 radical (unpaired) electrons. The lowest BCUT2D eigenvalue weighted by Gasteiger charge is -2.11. The van der Waals surface area contributed by atoms with Gasteiger partial charge in [0.2, 0.25) is 5.91 Å². The number of hydrogen-bond acceptors (Lipinski definition) is 2. The second kappa shape index (κ2) is 10.4. The molecule has 0 aliphatic heterocycles. The number of hydrogen-bond donors (Lipinski definition) is 3. The largest absolute Gasteiger partial charge is 0.357 e. The van der Waals surface area contributed by atoms with Crippen LogP contribution in [0.5, 0.6) is 0 Å². The van der Waals surface area contributed by atoms with Crippen molar-refractivity contribution in [1.82, 2.24) is 16.0 Å². The molecule has 0 aromatic heterocycles. The van der Waals surface area contributed by atoms with Gasteiger partial charge in [0.15, 0.2) is 5.96 Å². The molecule has 0 unspecified atom stereocenters. The van der Waals surface area contributed by atoms with Gasteiger partial charge in [-0.05, 0) is 26.2 Å². The molecule has 0 saturated heterocycles. The highest BCUT2D eigenvalue weighted by Crippen LogP contribution is 2.28. The Morgan fingerprint density at radius 3 is 2.39 bits per heavy atom. The quantitative estimate of drug-likeness (QED) is 0.273. The number of aliphatic imine (C=N–C) groups is 1. The zero-order valence-corrected chi connectivity index (χ0v) is 13.6. The second-order valence-corrected chi connectivity index (χ2v) is 4.25. The van der Waals surface area contributed by atoms with E-state index < -0.39 is 0 Å². The van der Waals surface area contributed by atoms with Crippen LogP contribution in [0, 0.1) is 5.92 Å². The summed E-state index contributed by atoms with van der Waals surface area (Å²) in [5.41, 5.74) is 0. The summed E-state index contributed by atoms with van der Waals surface area (Å²) in [5, 5.41) is 9.28. The van der Waals surface area contributed by atoms with Crippen LogP contribution in [-0.2, 0) is 4.79 Å². The van der Waals surface area contributed by atoms with E-state index in [0.717, 1.165) is 38.3 Å². The number of amides is 1. The summed E-state index contributed by atoms with van der Waals surface area (Å²) in [5.74, 6) is 1.31. The van der Waals surface area contributed by atoms with Crippen LogP contribution in [0.3, 0.4) is 0 Å². The van der Waals surface area contributed by atoms with Gasteiger partial charge in [0, 0.05) is 32.1 Å². The van der Waals surface area contributed by atoms with Gasteiger partial charge in [-0.1, -0.05) is 6.92 Å². The Labute approximate surface area is 127 Å². The fourth-order valence-corrected chi connectivity index (χ4v) is 1.42. The van der Waals surface area contributed by atoms with Crippen LogP contribution >= 0.6 is 24.0 Å². The van der Waals surface area contributed by atoms with E-state index >= 15 is 0 Å². The van der Waals surface area contributed by atoms with Crippen LogP contribution in [0.4, 0.5) is 0 Å². The monoisotopic (exact) mass is 368 g/mol. The van der Waals surface area contributed by atoms with Gasteiger partial charge in [-0.3, -0.25) is 9.79 Å². The Balaban J connectivity index is 0.00000289. The molecule has 1 aliphatic carbocycles. The number of halogens is 1. The van der Waals surface area contributed by atoms with E-state index in [2.05, 4.69) is 27.9 Å². The Hall–Kier alpha value is -0.530. The number of rotatable bonds is 7. The topological polar surface area (TPSA) is 65.5 Å². The summed E-state index contributed by atoms with van der Waals surface area (Å²) < 4.78 is 0. The van der Waals surface area contributed by atoms with Crippen molar-refractivity contribution < 1.29 is 4.79 Å². The van der Waals surface area contributed by atoms with Crippen LogP contribution in [0.25, 0.3) is 0 Å². The van der Waals surface area contributed by atoms with Gasteiger partial charge >= 0.3 is 0 Å².